The Morgan fingerprint density at radius 2 is 2.24 bits per heavy atom. The lowest BCUT2D eigenvalue weighted by molar-refractivity contribution is -0.140. The van der Waals surface area contributed by atoms with Crippen LogP contribution in [-0.2, 0) is 16.1 Å². The number of rotatable bonds is 6. The van der Waals surface area contributed by atoms with Crippen molar-refractivity contribution in [3.63, 3.8) is 0 Å². The minimum Gasteiger partial charge on any atom is -0.481 e. The van der Waals surface area contributed by atoms with Crippen LogP contribution in [0, 0.1) is 0 Å². The molecule has 94 valence electrons. The predicted octanol–water partition coefficient (Wildman–Crippen LogP) is -0.0102. The number of aliphatic carboxylic acids is 1. The molecule has 7 heteroatoms. The van der Waals surface area contributed by atoms with Crippen molar-refractivity contribution in [2.24, 2.45) is 0 Å². The molecule has 17 heavy (non-hydrogen) atoms. The molecule has 0 aliphatic heterocycles. The first-order chi connectivity index (χ1) is 8.04. The summed E-state index contributed by atoms with van der Waals surface area (Å²) in [6.07, 6.45) is 2.74. The summed E-state index contributed by atoms with van der Waals surface area (Å²) in [6.45, 7) is 4.09. The van der Waals surface area contributed by atoms with Gasteiger partial charge in [0.05, 0.1) is 6.42 Å². The number of amides is 1. The van der Waals surface area contributed by atoms with Gasteiger partial charge in [0.2, 0.25) is 5.91 Å². The molecule has 0 radical (unpaired) electrons. The van der Waals surface area contributed by atoms with Crippen LogP contribution in [-0.4, -0.2) is 49.2 Å². The average molecular weight is 240 g/mol. The van der Waals surface area contributed by atoms with Gasteiger partial charge in [0.15, 0.2) is 0 Å². The molecule has 0 aromatic carbocycles. The standard InChI is InChI=1S/C10H16N4O3/c1-3-14(8(2)4-10(16)17)9(15)5-13-7-11-6-12-13/h6-8H,3-5H2,1-2H3,(H,16,17). The van der Waals surface area contributed by atoms with Crippen LogP contribution in [0.5, 0.6) is 0 Å². The van der Waals surface area contributed by atoms with Gasteiger partial charge in [-0.15, -0.1) is 0 Å². The molecule has 0 saturated heterocycles. The lowest BCUT2D eigenvalue weighted by Gasteiger charge is -2.26. The molecule has 0 bridgehead atoms. The van der Waals surface area contributed by atoms with E-state index in [9.17, 15) is 9.59 Å². The summed E-state index contributed by atoms with van der Waals surface area (Å²) in [5.41, 5.74) is 0. The van der Waals surface area contributed by atoms with Gasteiger partial charge in [-0.3, -0.25) is 9.59 Å². The summed E-state index contributed by atoms with van der Waals surface area (Å²) in [5, 5.41) is 12.5. The van der Waals surface area contributed by atoms with E-state index in [4.69, 9.17) is 5.11 Å². The first-order valence-corrected chi connectivity index (χ1v) is 5.38. The summed E-state index contributed by atoms with van der Waals surface area (Å²) < 4.78 is 1.42. The van der Waals surface area contributed by atoms with Crippen molar-refractivity contribution in [2.75, 3.05) is 6.54 Å². The fourth-order valence-electron chi connectivity index (χ4n) is 1.64. The Balaban J connectivity index is 2.60. The summed E-state index contributed by atoms with van der Waals surface area (Å²) in [6, 6.07) is -0.325. The van der Waals surface area contributed by atoms with E-state index in [2.05, 4.69) is 10.1 Å². The van der Waals surface area contributed by atoms with Crippen LogP contribution in [0.25, 0.3) is 0 Å². The van der Waals surface area contributed by atoms with Crippen molar-refractivity contribution in [2.45, 2.75) is 32.9 Å². The fourth-order valence-corrected chi connectivity index (χ4v) is 1.64. The van der Waals surface area contributed by atoms with Crippen molar-refractivity contribution in [1.29, 1.82) is 0 Å². The zero-order chi connectivity index (χ0) is 12.8. The second-order valence-electron chi connectivity index (χ2n) is 3.72. The van der Waals surface area contributed by atoms with Gasteiger partial charge in [0, 0.05) is 12.6 Å². The van der Waals surface area contributed by atoms with E-state index >= 15 is 0 Å². The van der Waals surface area contributed by atoms with Crippen molar-refractivity contribution >= 4 is 11.9 Å². The molecule has 1 aromatic heterocycles. The van der Waals surface area contributed by atoms with Crippen molar-refractivity contribution < 1.29 is 14.7 Å². The summed E-state index contributed by atoms with van der Waals surface area (Å²) in [7, 11) is 0. The van der Waals surface area contributed by atoms with Gasteiger partial charge >= 0.3 is 5.97 Å². The van der Waals surface area contributed by atoms with Crippen LogP contribution in [0.1, 0.15) is 20.3 Å². The van der Waals surface area contributed by atoms with E-state index in [1.54, 1.807) is 6.92 Å². The van der Waals surface area contributed by atoms with Crippen LogP contribution in [0.15, 0.2) is 12.7 Å². The zero-order valence-electron chi connectivity index (χ0n) is 9.91. The van der Waals surface area contributed by atoms with E-state index in [-0.39, 0.29) is 24.9 Å². The minimum absolute atomic E-state index is 0.0586. The van der Waals surface area contributed by atoms with Crippen LogP contribution < -0.4 is 0 Å². The molecule has 0 saturated carbocycles. The smallest absolute Gasteiger partial charge is 0.305 e. The lowest BCUT2D eigenvalue weighted by Crippen LogP contribution is -2.41. The third kappa shape index (κ3) is 3.86. The molecule has 1 N–H and O–H groups in total. The SMILES string of the molecule is CCN(C(=O)Cn1cncn1)C(C)CC(=O)O. The Morgan fingerprint density at radius 3 is 2.71 bits per heavy atom. The van der Waals surface area contributed by atoms with Crippen LogP contribution >= 0.6 is 0 Å². The highest BCUT2D eigenvalue weighted by Crippen LogP contribution is 2.05. The lowest BCUT2D eigenvalue weighted by atomic mass is 10.2. The molecule has 0 aliphatic rings. The van der Waals surface area contributed by atoms with E-state index in [0.717, 1.165) is 0 Å². The zero-order valence-corrected chi connectivity index (χ0v) is 9.91. The van der Waals surface area contributed by atoms with Gasteiger partial charge in [-0.1, -0.05) is 0 Å². The highest BCUT2D eigenvalue weighted by molar-refractivity contribution is 5.77. The number of carboxylic acid groups (broad SMARTS) is 1. The molecular weight excluding hydrogens is 224 g/mol. The molecule has 1 rings (SSSR count). The Bertz CT molecular complexity index is 377. The number of hydrogen-bond acceptors (Lipinski definition) is 4. The number of carbonyl (C=O) groups excluding carboxylic acids is 1. The van der Waals surface area contributed by atoms with Gasteiger partial charge in [-0.25, -0.2) is 9.67 Å². The van der Waals surface area contributed by atoms with E-state index in [1.807, 2.05) is 6.92 Å². The highest BCUT2D eigenvalue weighted by Gasteiger charge is 2.20. The first-order valence-electron chi connectivity index (χ1n) is 5.38. The summed E-state index contributed by atoms with van der Waals surface area (Å²) in [4.78, 5) is 27.8. The Labute approximate surface area is 99.1 Å². The quantitative estimate of drug-likeness (QED) is 0.755. The van der Waals surface area contributed by atoms with Gasteiger partial charge < -0.3 is 10.0 Å². The molecular formula is C10H16N4O3. The normalized spacial score (nSPS) is 12.1. The molecule has 0 aliphatic carbocycles. The minimum atomic E-state index is -0.912. The maximum absolute atomic E-state index is 11.9. The first kappa shape index (κ1) is 13.1. The van der Waals surface area contributed by atoms with Crippen LogP contribution in [0.4, 0.5) is 0 Å². The van der Waals surface area contributed by atoms with Crippen molar-refractivity contribution in [1.82, 2.24) is 19.7 Å². The Kier molecular flexibility index (Phi) is 4.62. The van der Waals surface area contributed by atoms with Gasteiger partial charge in [0.1, 0.15) is 19.2 Å². The Morgan fingerprint density at radius 1 is 1.53 bits per heavy atom. The molecule has 0 spiro atoms. The largest absolute Gasteiger partial charge is 0.481 e. The monoisotopic (exact) mass is 240 g/mol. The molecule has 1 atom stereocenters. The second kappa shape index (κ2) is 5.97. The molecule has 0 fully saturated rings. The molecule has 1 unspecified atom stereocenters. The van der Waals surface area contributed by atoms with E-state index < -0.39 is 5.97 Å². The number of likely N-dealkylation sites (N-methyl/N-ethyl adjacent to an activating group) is 1. The maximum Gasteiger partial charge on any atom is 0.305 e. The highest BCUT2D eigenvalue weighted by atomic mass is 16.4. The summed E-state index contributed by atoms with van der Waals surface area (Å²) >= 11 is 0. The molecule has 1 amide bonds. The number of aromatic nitrogens is 3. The number of hydrogen-bond donors (Lipinski definition) is 1. The van der Waals surface area contributed by atoms with E-state index in [1.165, 1.54) is 22.2 Å². The van der Waals surface area contributed by atoms with Crippen LogP contribution in [0.2, 0.25) is 0 Å². The molecule has 1 heterocycles. The second-order valence-corrected chi connectivity index (χ2v) is 3.72. The topological polar surface area (TPSA) is 88.3 Å². The predicted molar refractivity (Wildman–Crippen MR) is 59.1 cm³/mol. The van der Waals surface area contributed by atoms with Gasteiger partial charge in [-0.05, 0) is 13.8 Å². The van der Waals surface area contributed by atoms with Crippen LogP contribution in [0.3, 0.4) is 0 Å². The van der Waals surface area contributed by atoms with E-state index in [0.29, 0.717) is 6.54 Å². The third-order valence-electron chi connectivity index (χ3n) is 2.43. The number of carbonyl (C=O) groups is 2. The molecule has 1 aromatic rings. The fraction of sp³-hybridized carbons (Fsp3) is 0.600. The number of nitrogens with zero attached hydrogens (tertiary/aromatic N) is 4. The van der Waals surface area contributed by atoms with Gasteiger partial charge in [0.25, 0.3) is 0 Å². The van der Waals surface area contributed by atoms with Gasteiger partial charge in [-0.2, -0.15) is 5.10 Å². The summed E-state index contributed by atoms with van der Waals surface area (Å²) in [5.74, 6) is -1.07. The Hall–Kier alpha value is -1.92. The molecule has 7 nitrogen and oxygen atoms in total. The average Bonchev–Trinajstić information content (AvgIpc) is 2.70. The van der Waals surface area contributed by atoms with Crippen molar-refractivity contribution in [3.8, 4) is 0 Å². The van der Waals surface area contributed by atoms with Crippen molar-refractivity contribution in [3.05, 3.63) is 12.7 Å². The number of carboxylic acids is 1. The third-order valence-corrected chi connectivity index (χ3v) is 2.43. The maximum atomic E-state index is 11.9.